The predicted molar refractivity (Wildman–Crippen MR) is 82.6 cm³/mol. The largest absolute Gasteiger partial charge is 0.314 e. The first kappa shape index (κ1) is 13.6. The fourth-order valence-corrected chi connectivity index (χ4v) is 4.61. The van der Waals surface area contributed by atoms with Gasteiger partial charge in [-0.1, -0.05) is 18.9 Å². The monoisotopic (exact) mass is 278 g/mol. The molecule has 1 saturated heterocycles. The molecule has 106 valence electrons. The second-order valence-electron chi connectivity index (χ2n) is 6.16. The van der Waals surface area contributed by atoms with Crippen molar-refractivity contribution in [2.24, 2.45) is 5.92 Å². The highest BCUT2D eigenvalue weighted by Crippen LogP contribution is 2.32. The zero-order valence-electron chi connectivity index (χ0n) is 11.9. The van der Waals surface area contributed by atoms with Gasteiger partial charge in [0, 0.05) is 23.0 Å². The summed E-state index contributed by atoms with van der Waals surface area (Å²) in [4.78, 5) is 1.48. The number of nitrogens with one attached hydrogen (secondary N) is 2. The SMILES string of the molecule is CC(NC1CCCCC1C1CCCN1)c1cccs1. The van der Waals surface area contributed by atoms with Crippen molar-refractivity contribution in [3.8, 4) is 0 Å². The molecule has 2 N–H and O–H groups in total. The van der Waals surface area contributed by atoms with Crippen LogP contribution in [0.3, 0.4) is 0 Å². The molecule has 2 aliphatic rings. The molecule has 0 spiro atoms. The first-order chi connectivity index (χ1) is 9.34. The maximum absolute atomic E-state index is 3.92. The quantitative estimate of drug-likeness (QED) is 0.877. The van der Waals surface area contributed by atoms with Gasteiger partial charge in [-0.25, -0.2) is 0 Å². The second-order valence-corrected chi connectivity index (χ2v) is 7.14. The number of hydrogen-bond acceptors (Lipinski definition) is 3. The van der Waals surface area contributed by atoms with Gasteiger partial charge in [-0.2, -0.15) is 0 Å². The van der Waals surface area contributed by atoms with E-state index in [0.29, 0.717) is 12.1 Å². The van der Waals surface area contributed by atoms with Gasteiger partial charge in [0.05, 0.1) is 0 Å². The number of rotatable bonds is 4. The molecular formula is C16H26N2S. The Bertz CT molecular complexity index is 370. The van der Waals surface area contributed by atoms with Gasteiger partial charge >= 0.3 is 0 Å². The van der Waals surface area contributed by atoms with Gasteiger partial charge in [0.2, 0.25) is 0 Å². The fraction of sp³-hybridized carbons (Fsp3) is 0.750. The van der Waals surface area contributed by atoms with Crippen LogP contribution < -0.4 is 10.6 Å². The lowest BCUT2D eigenvalue weighted by molar-refractivity contribution is 0.204. The average Bonchev–Trinajstić information content (AvgIpc) is 3.13. The van der Waals surface area contributed by atoms with E-state index < -0.39 is 0 Å². The summed E-state index contributed by atoms with van der Waals surface area (Å²) < 4.78 is 0. The summed E-state index contributed by atoms with van der Waals surface area (Å²) in [6.07, 6.45) is 8.35. The maximum atomic E-state index is 3.92. The third-order valence-electron chi connectivity index (χ3n) is 4.87. The Hall–Kier alpha value is -0.380. The van der Waals surface area contributed by atoms with Gasteiger partial charge in [-0.15, -0.1) is 11.3 Å². The molecule has 1 saturated carbocycles. The molecule has 1 aromatic rings. The molecule has 3 rings (SSSR count). The molecular weight excluding hydrogens is 252 g/mol. The molecule has 0 amide bonds. The van der Waals surface area contributed by atoms with Crippen LogP contribution in [0.25, 0.3) is 0 Å². The molecule has 2 heterocycles. The van der Waals surface area contributed by atoms with Gasteiger partial charge in [-0.05, 0) is 56.5 Å². The summed E-state index contributed by atoms with van der Waals surface area (Å²) >= 11 is 1.87. The molecule has 0 radical (unpaired) electrons. The minimum absolute atomic E-state index is 0.506. The Morgan fingerprint density at radius 2 is 2.16 bits per heavy atom. The number of hydrogen-bond donors (Lipinski definition) is 2. The topological polar surface area (TPSA) is 24.1 Å². The van der Waals surface area contributed by atoms with Crippen molar-refractivity contribution in [3.63, 3.8) is 0 Å². The third kappa shape index (κ3) is 3.21. The summed E-state index contributed by atoms with van der Waals surface area (Å²) in [6, 6.07) is 6.41. The van der Waals surface area contributed by atoms with Crippen LogP contribution in [-0.4, -0.2) is 18.6 Å². The maximum Gasteiger partial charge on any atom is 0.0388 e. The van der Waals surface area contributed by atoms with Gasteiger partial charge in [0.25, 0.3) is 0 Å². The van der Waals surface area contributed by atoms with Crippen LogP contribution in [0, 0.1) is 5.92 Å². The first-order valence-corrected chi connectivity index (χ1v) is 8.75. The van der Waals surface area contributed by atoms with E-state index in [2.05, 4.69) is 35.1 Å². The van der Waals surface area contributed by atoms with E-state index in [9.17, 15) is 0 Å². The molecule has 2 nitrogen and oxygen atoms in total. The van der Waals surface area contributed by atoms with Gasteiger partial charge in [0.15, 0.2) is 0 Å². The summed E-state index contributed by atoms with van der Waals surface area (Å²) in [7, 11) is 0. The Morgan fingerprint density at radius 1 is 1.26 bits per heavy atom. The summed E-state index contributed by atoms with van der Waals surface area (Å²) in [5.41, 5.74) is 0. The molecule has 1 aliphatic carbocycles. The van der Waals surface area contributed by atoms with Crippen molar-refractivity contribution in [2.75, 3.05) is 6.54 Å². The van der Waals surface area contributed by atoms with E-state index in [1.807, 2.05) is 11.3 Å². The Labute approximate surface area is 121 Å². The van der Waals surface area contributed by atoms with Crippen LogP contribution >= 0.6 is 11.3 Å². The zero-order valence-corrected chi connectivity index (χ0v) is 12.7. The number of thiophene rings is 1. The van der Waals surface area contributed by atoms with E-state index in [4.69, 9.17) is 0 Å². The minimum Gasteiger partial charge on any atom is -0.314 e. The van der Waals surface area contributed by atoms with Crippen LogP contribution in [0.15, 0.2) is 17.5 Å². The van der Waals surface area contributed by atoms with Crippen molar-refractivity contribution < 1.29 is 0 Å². The highest BCUT2D eigenvalue weighted by Gasteiger charge is 2.33. The van der Waals surface area contributed by atoms with Crippen molar-refractivity contribution in [1.82, 2.24) is 10.6 Å². The van der Waals surface area contributed by atoms with Gasteiger partial charge in [-0.3, -0.25) is 0 Å². The second kappa shape index (κ2) is 6.38. The highest BCUT2D eigenvalue weighted by molar-refractivity contribution is 7.10. The summed E-state index contributed by atoms with van der Waals surface area (Å²) in [6.45, 7) is 3.55. The molecule has 3 heteroatoms. The Balaban J connectivity index is 1.63. The van der Waals surface area contributed by atoms with E-state index >= 15 is 0 Å². The van der Waals surface area contributed by atoms with E-state index in [1.54, 1.807) is 0 Å². The molecule has 2 fully saturated rings. The predicted octanol–water partition coefficient (Wildman–Crippen LogP) is 3.71. The highest BCUT2D eigenvalue weighted by atomic mass is 32.1. The summed E-state index contributed by atoms with van der Waals surface area (Å²) in [5.74, 6) is 0.846. The lowest BCUT2D eigenvalue weighted by atomic mass is 9.79. The van der Waals surface area contributed by atoms with Crippen molar-refractivity contribution in [3.05, 3.63) is 22.4 Å². The Morgan fingerprint density at radius 3 is 2.89 bits per heavy atom. The molecule has 0 bridgehead atoms. The normalized spacial score (nSPS) is 33.4. The van der Waals surface area contributed by atoms with Crippen LogP contribution in [0.2, 0.25) is 0 Å². The van der Waals surface area contributed by atoms with Crippen LogP contribution in [-0.2, 0) is 0 Å². The van der Waals surface area contributed by atoms with Gasteiger partial charge in [0.1, 0.15) is 0 Å². The van der Waals surface area contributed by atoms with Crippen molar-refractivity contribution in [1.29, 1.82) is 0 Å². The lowest BCUT2D eigenvalue weighted by Crippen LogP contribution is -2.47. The molecule has 0 aromatic carbocycles. The molecule has 19 heavy (non-hydrogen) atoms. The average molecular weight is 278 g/mol. The molecule has 1 aromatic heterocycles. The lowest BCUT2D eigenvalue weighted by Gasteiger charge is -2.37. The molecule has 4 unspecified atom stereocenters. The minimum atomic E-state index is 0.506. The van der Waals surface area contributed by atoms with E-state index in [0.717, 1.165) is 12.0 Å². The van der Waals surface area contributed by atoms with Crippen molar-refractivity contribution in [2.45, 2.75) is 63.6 Å². The van der Waals surface area contributed by atoms with Crippen LogP contribution in [0.5, 0.6) is 0 Å². The Kier molecular flexibility index (Phi) is 4.57. The van der Waals surface area contributed by atoms with Crippen LogP contribution in [0.4, 0.5) is 0 Å². The third-order valence-corrected chi connectivity index (χ3v) is 5.92. The van der Waals surface area contributed by atoms with E-state index in [-0.39, 0.29) is 0 Å². The summed E-state index contributed by atoms with van der Waals surface area (Å²) in [5, 5.41) is 9.83. The standard InChI is InChI=1S/C16H26N2S/c1-12(16-9-5-11-19-16)18-15-7-3-2-6-13(15)14-8-4-10-17-14/h5,9,11-15,17-18H,2-4,6-8,10H2,1H3. The smallest absolute Gasteiger partial charge is 0.0388 e. The zero-order chi connectivity index (χ0) is 13.1. The molecule has 4 atom stereocenters. The fourth-order valence-electron chi connectivity index (χ4n) is 3.87. The van der Waals surface area contributed by atoms with Crippen molar-refractivity contribution >= 4 is 11.3 Å². The molecule has 1 aliphatic heterocycles. The van der Waals surface area contributed by atoms with E-state index in [1.165, 1.54) is 49.9 Å². The first-order valence-electron chi connectivity index (χ1n) is 7.87. The van der Waals surface area contributed by atoms with Gasteiger partial charge < -0.3 is 10.6 Å². The van der Waals surface area contributed by atoms with Crippen LogP contribution in [0.1, 0.15) is 56.4 Å².